The highest BCUT2D eigenvalue weighted by Crippen LogP contribution is 2.21. The van der Waals surface area contributed by atoms with E-state index < -0.39 is 16.7 Å². The second-order valence-corrected chi connectivity index (χ2v) is 6.09. The van der Waals surface area contributed by atoms with Crippen LogP contribution in [0.1, 0.15) is 22.5 Å². The molecule has 10 heteroatoms. The number of aryl methyl sites for hydroxylation is 3. The summed E-state index contributed by atoms with van der Waals surface area (Å²) >= 11 is 0. The van der Waals surface area contributed by atoms with Crippen molar-refractivity contribution in [3.8, 4) is 5.75 Å². The summed E-state index contributed by atoms with van der Waals surface area (Å²) in [6.07, 6.45) is 0. The summed E-state index contributed by atoms with van der Waals surface area (Å²) in [5, 5.41) is 14.9. The highest BCUT2D eigenvalue weighted by molar-refractivity contribution is 5.82. The minimum Gasteiger partial charge on any atom is -0.483 e. The van der Waals surface area contributed by atoms with Gasteiger partial charge in [-0.2, -0.15) is 5.10 Å². The molecule has 2 amide bonds. The Labute approximate surface area is 155 Å². The van der Waals surface area contributed by atoms with Crippen LogP contribution in [0.5, 0.6) is 5.75 Å². The van der Waals surface area contributed by atoms with E-state index in [4.69, 9.17) is 4.74 Å². The molecule has 2 N–H and O–H groups in total. The summed E-state index contributed by atoms with van der Waals surface area (Å²) < 4.78 is 6.65. The van der Waals surface area contributed by atoms with Gasteiger partial charge in [-0.25, -0.2) is 0 Å². The molecule has 27 heavy (non-hydrogen) atoms. The Morgan fingerprint density at radius 2 is 1.85 bits per heavy atom. The van der Waals surface area contributed by atoms with Gasteiger partial charge in [0.25, 0.3) is 11.8 Å². The molecule has 0 unspecified atom stereocenters. The number of hydrogen-bond acceptors (Lipinski definition) is 6. The number of hydrazine groups is 1. The van der Waals surface area contributed by atoms with Crippen molar-refractivity contribution in [3.05, 3.63) is 50.8 Å². The van der Waals surface area contributed by atoms with E-state index in [1.807, 2.05) is 32.0 Å². The Morgan fingerprint density at radius 3 is 2.48 bits per heavy atom. The van der Waals surface area contributed by atoms with E-state index in [0.717, 1.165) is 11.1 Å². The lowest BCUT2D eigenvalue weighted by Crippen LogP contribution is -2.45. The van der Waals surface area contributed by atoms with E-state index >= 15 is 0 Å². The molecule has 1 heterocycles. The van der Waals surface area contributed by atoms with Crippen molar-refractivity contribution in [2.45, 2.75) is 34.2 Å². The summed E-state index contributed by atoms with van der Waals surface area (Å²) in [6.45, 7) is 6.24. The number of aromatic nitrogens is 2. The fourth-order valence-electron chi connectivity index (χ4n) is 2.46. The average Bonchev–Trinajstić information content (AvgIpc) is 2.87. The lowest BCUT2D eigenvalue weighted by atomic mass is 10.1. The van der Waals surface area contributed by atoms with Gasteiger partial charge in [-0.1, -0.05) is 12.1 Å². The highest BCUT2D eigenvalue weighted by Gasteiger charge is 2.22. The van der Waals surface area contributed by atoms with E-state index in [1.54, 1.807) is 0 Å². The maximum atomic E-state index is 11.9. The smallest absolute Gasteiger partial charge is 0.312 e. The van der Waals surface area contributed by atoms with Gasteiger partial charge in [0.05, 0.1) is 4.92 Å². The van der Waals surface area contributed by atoms with Gasteiger partial charge in [-0.05, 0) is 44.9 Å². The van der Waals surface area contributed by atoms with Gasteiger partial charge in [0, 0.05) is 0 Å². The first-order valence-electron chi connectivity index (χ1n) is 8.15. The molecule has 0 saturated heterocycles. The number of carbonyl (C=O) groups is 2. The molecular weight excluding hydrogens is 354 g/mol. The van der Waals surface area contributed by atoms with Crippen LogP contribution < -0.4 is 15.6 Å². The molecule has 0 atom stereocenters. The summed E-state index contributed by atoms with van der Waals surface area (Å²) in [7, 11) is 0. The van der Waals surface area contributed by atoms with Crippen LogP contribution in [0, 0.1) is 37.8 Å². The van der Waals surface area contributed by atoms with E-state index in [-0.39, 0.29) is 30.2 Å². The molecule has 0 aliphatic rings. The van der Waals surface area contributed by atoms with Gasteiger partial charge in [-0.3, -0.25) is 35.2 Å². The molecular formula is C17H21N5O5. The molecule has 1 aromatic heterocycles. The van der Waals surface area contributed by atoms with Crippen molar-refractivity contribution in [3.63, 3.8) is 0 Å². The minimum absolute atomic E-state index is 0.131. The number of carbonyl (C=O) groups excluding carboxylic acids is 2. The summed E-state index contributed by atoms with van der Waals surface area (Å²) in [5.74, 6) is -0.523. The van der Waals surface area contributed by atoms with Crippen molar-refractivity contribution < 1.29 is 19.2 Å². The fraction of sp³-hybridized carbons (Fsp3) is 0.353. The Bertz CT molecular complexity index is 890. The van der Waals surface area contributed by atoms with Crippen LogP contribution in [0.3, 0.4) is 0 Å². The first-order chi connectivity index (χ1) is 12.7. The third kappa shape index (κ3) is 5.03. The molecule has 0 aliphatic carbocycles. The fourth-order valence-corrected chi connectivity index (χ4v) is 2.46. The van der Waals surface area contributed by atoms with E-state index in [2.05, 4.69) is 16.0 Å². The molecule has 0 aliphatic heterocycles. The third-order valence-corrected chi connectivity index (χ3v) is 3.86. The van der Waals surface area contributed by atoms with Crippen LogP contribution in [0.15, 0.2) is 18.2 Å². The first kappa shape index (κ1) is 19.9. The third-order valence-electron chi connectivity index (χ3n) is 3.86. The van der Waals surface area contributed by atoms with Crippen LogP contribution >= 0.6 is 0 Å². The molecule has 144 valence electrons. The zero-order chi connectivity index (χ0) is 20.1. The topological polar surface area (TPSA) is 128 Å². The average molecular weight is 375 g/mol. The molecule has 1 aromatic carbocycles. The molecule has 2 rings (SSSR count). The summed E-state index contributed by atoms with van der Waals surface area (Å²) in [5.41, 5.74) is 6.71. The maximum absolute atomic E-state index is 11.9. The number of ether oxygens (including phenoxy) is 1. The van der Waals surface area contributed by atoms with Crippen molar-refractivity contribution >= 4 is 17.5 Å². The Hall–Kier alpha value is -3.43. The van der Waals surface area contributed by atoms with E-state index in [0.29, 0.717) is 5.75 Å². The molecule has 10 nitrogen and oxygen atoms in total. The lowest BCUT2D eigenvalue weighted by molar-refractivity contribution is -0.386. The number of hydrogen-bond donors (Lipinski definition) is 2. The number of nitrogens with zero attached hydrogens (tertiary/aromatic N) is 3. The summed E-state index contributed by atoms with van der Waals surface area (Å²) in [6, 6.07) is 5.64. The zero-order valence-corrected chi connectivity index (χ0v) is 15.5. The SMILES string of the molecule is Cc1ccc(C)c(OCC(=O)NNC(=O)Cn2nc(C)c([N+](=O)[O-])c2C)c1. The molecule has 0 radical (unpaired) electrons. The Morgan fingerprint density at radius 1 is 1.19 bits per heavy atom. The zero-order valence-electron chi connectivity index (χ0n) is 15.5. The first-order valence-corrected chi connectivity index (χ1v) is 8.15. The van der Waals surface area contributed by atoms with E-state index in [1.165, 1.54) is 18.5 Å². The number of nitro groups is 1. The quantitative estimate of drug-likeness (QED) is 0.578. The minimum atomic E-state index is -0.574. The summed E-state index contributed by atoms with van der Waals surface area (Å²) in [4.78, 5) is 34.2. The van der Waals surface area contributed by atoms with Crippen LogP contribution in [-0.2, 0) is 16.1 Å². The van der Waals surface area contributed by atoms with Crippen LogP contribution in [0.4, 0.5) is 5.69 Å². The second-order valence-electron chi connectivity index (χ2n) is 6.09. The van der Waals surface area contributed by atoms with Gasteiger partial charge in [0.2, 0.25) is 0 Å². The standard InChI is InChI=1S/C17H21N5O5/c1-10-5-6-11(2)14(7-10)27-9-16(24)19-18-15(23)8-21-13(4)17(22(25)26)12(3)20-21/h5-7H,8-9H2,1-4H3,(H,18,23)(H,19,24). The van der Waals surface area contributed by atoms with Crippen molar-refractivity contribution in [2.75, 3.05) is 6.61 Å². The van der Waals surface area contributed by atoms with Crippen LogP contribution in [0.2, 0.25) is 0 Å². The predicted octanol–water partition coefficient (Wildman–Crippen LogP) is 1.25. The van der Waals surface area contributed by atoms with Crippen molar-refractivity contribution in [1.82, 2.24) is 20.6 Å². The van der Waals surface area contributed by atoms with Gasteiger partial charge in [-0.15, -0.1) is 0 Å². The molecule has 0 saturated carbocycles. The number of amides is 2. The normalized spacial score (nSPS) is 10.4. The number of benzene rings is 1. The lowest BCUT2D eigenvalue weighted by Gasteiger charge is -2.11. The monoisotopic (exact) mass is 375 g/mol. The number of nitrogens with one attached hydrogen (secondary N) is 2. The highest BCUT2D eigenvalue weighted by atomic mass is 16.6. The molecule has 0 spiro atoms. The van der Waals surface area contributed by atoms with Gasteiger partial charge >= 0.3 is 5.69 Å². The van der Waals surface area contributed by atoms with Crippen molar-refractivity contribution in [2.24, 2.45) is 0 Å². The van der Waals surface area contributed by atoms with Crippen LogP contribution in [0.25, 0.3) is 0 Å². The van der Waals surface area contributed by atoms with Gasteiger partial charge in [0.1, 0.15) is 23.7 Å². The van der Waals surface area contributed by atoms with Gasteiger partial charge in [0.15, 0.2) is 6.61 Å². The number of rotatable bonds is 6. The Balaban J connectivity index is 1.85. The predicted molar refractivity (Wildman–Crippen MR) is 96.1 cm³/mol. The second kappa shape index (κ2) is 8.30. The largest absolute Gasteiger partial charge is 0.483 e. The molecule has 2 aromatic rings. The maximum Gasteiger partial charge on any atom is 0.312 e. The van der Waals surface area contributed by atoms with Crippen molar-refractivity contribution in [1.29, 1.82) is 0 Å². The van der Waals surface area contributed by atoms with E-state index in [9.17, 15) is 19.7 Å². The Kier molecular flexibility index (Phi) is 6.11. The van der Waals surface area contributed by atoms with Gasteiger partial charge < -0.3 is 4.74 Å². The molecule has 0 fully saturated rings. The molecule has 0 bridgehead atoms. The van der Waals surface area contributed by atoms with Crippen LogP contribution in [-0.4, -0.2) is 33.1 Å².